The molecular formula is C10H12FNO. The molecule has 1 atom stereocenters. The molecule has 1 aliphatic heterocycles. The number of halogens is 1. The van der Waals surface area contributed by atoms with Gasteiger partial charge in [-0.2, -0.15) is 0 Å². The number of hydrogen-bond donors (Lipinski definition) is 0. The van der Waals surface area contributed by atoms with E-state index in [9.17, 15) is 4.39 Å². The molecule has 1 aliphatic rings. The van der Waals surface area contributed by atoms with Gasteiger partial charge in [0.1, 0.15) is 11.9 Å². The lowest BCUT2D eigenvalue weighted by atomic mass is 10.1. The molecule has 0 aliphatic carbocycles. The fraction of sp³-hybridized carbons (Fsp3) is 0.400. The second kappa shape index (κ2) is 3.00. The van der Waals surface area contributed by atoms with E-state index in [0.717, 1.165) is 17.9 Å². The van der Waals surface area contributed by atoms with Crippen molar-refractivity contribution in [3.63, 3.8) is 0 Å². The molecule has 0 spiro atoms. The van der Waals surface area contributed by atoms with Crippen molar-refractivity contribution in [3.05, 3.63) is 29.6 Å². The maximum absolute atomic E-state index is 12.9. The third-order valence-corrected chi connectivity index (χ3v) is 2.15. The van der Waals surface area contributed by atoms with Crippen molar-refractivity contribution in [2.24, 2.45) is 0 Å². The number of epoxide rings is 1. The summed E-state index contributed by atoms with van der Waals surface area (Å²) in [5, 5.41) is 0. The molecule has 1 aromatic carbocycles. The number of anilines is 1. The van der Waals surface area contributed by atoms with Gasteiger partial charge >= 0.3 is 0 Å². The van der Waals surface area contributed by atoms with Crippen molar-refractivity contribution in [3.8, 4) is 0 Å². The molecule has 0 bridgehead atoms. The Balaban J connectivity index is 2.41. The SMILES string of the molecule is CN(C)c1cc(F)ccc1C1CO1. The van der Waals surface area contributed by atoms with Crippen LogP contribution in [0, 0.1) is 5.82 Å². The number of rotatable bonds is 2. The summed E-state index contributed by atoms with van der Waals surface area (Å²) in [6, 6.07) is 4.81. The average molecular weight is 181 g/mol. The van der Waals surface area contributed by atoms with E-state index in [1.165, 1.54) is 12.1 Å². The van der Waals surface area contributed by atoms with E-state index in [-0.39, 0.29) is 11.9 Å². The van der Waals surface area contributed by atoms with E-state index in [2.05, 4.69) is 0 Å². The molecule has 2 nitrogen and oxygen atoms in total. The zero-order valence-electron chi connectivity index (χ0n) is 7.75. The highest BCUT2D eigenvalue weighted by atomic mass is 19.1. The first-order valence-corrected chi connectivity index (χ1v) is 4.27. The van der Waals surface area contributed by atoms with E-state index >= 15 is 0 Å². The Hall–Kier alpha value is -1.09. The average Bonchev–Trinajstić information content (AvgIpc) is 2.87. The standard InChI is InChI=1S/C10H12FNO/c1-12(2)9-5-7(11)3-4-8(9)10-6-13-10/h3-5,10H,6H2,1-2H3. The molecule has 3 heteroatoms. The highest BCUT2D eigenvalue weighted by Crippen LogP contribution is 2.36. The van der Waals surface area contributed by atoms with Crippen LogP contribution in [0.3, 0.4) is 0 Å². The molecule has 1 fully saturated rings. The van der Waals surface area contributed by atoms with E-state index in [1.807, 2.05) is 19.0 Å². The third-order valence-electron chi connectivity index (χ3n) is 2.15. The zero-order chi connectivity index (χ0) is 9.42. The van der Waals surface area contributed by atoms with Gasteiger partial charge in [-0.25, -0.2) is 4.39 Å². The van der Waals surface area contributed by atoms with Gasteiger partial charge in [0, 0.05) is 25.3 Å². The van der Waals surface area contributed by atoms with Crippen molar-refractivity contribution < 1.29 is 9.13 Å². The summed E-state index contributed by atoms with van der Waals surface area (Å²) in [6.07, 6.45) is 0.179. The Kier molecular flexibility index (Phi) is 1.96. The number of hydrogen-bond acceptors (Lipinski definition) is 2. The minimum Gasteiger partial charge on any atom is -0.377 e. The molecule has 0 amide bonds. The first kappa shape index (κ1) is 8.51. The second-order valence-electron chi connectivity index (χ2n) is 3.42. The minimum absolute atomic E-state index is 0.179. The second-order valence-corrected chi connectivity index (χ2v) is 3.42. The van der Waals surface area contributed by atoms with Crippen LogP contribution in [0.5, 0.6) is 0 Å². The van der Waals surface area contributed by atoms with E-state index in [0.29, 0.717) is 0 Å². The van der Waals surface area contributed by atoms with Gasteiger partial charge in [-0.1, -0.05) is 6.07 Å². The molecule has 70 valence electrons. The molecule has 0 radical (unpaired) electrons. The van der Waals surface area contributed by atoms with Crippen LogP contribution >= 0.6 is 0 Å². The first-order valence-electron chi connectivity index (χ1n) is 4.27. The Morgan fingerprint density at radius 3 is 2.69 bits per heavy atom. The van der Waals surface area contributed by atoms with E-state index in [4.69, 9.17) is 4.74 Å². The Morgan fingerprint density at radius 1 is 1.46 bits per heavy atom. The number of ether oxygens (including phenoxy) is 1. The molecule has 0 aromatic heterocycles. The Labute approximate surface area is 76.9 Å². The molecule has 1 saturated heterocycles. The van der Waals surface area contributed by atoms with Crippen LogP contribution < -0.4 is 4.90 Å². The van der Waals surface area contributed by atoms with Gasteiger partial charge in [-0.15, -0.1) is 0 Å². The van der Waals surface area contributed by atoms with Crippen molar-refractivity contribution in [1.29, 1.82) is 0 Å². The van der Waals surface area contributed by atoms with Gasteiger partial charge in [-0.3, -0.25) is 0 Å². The van der Waals surface area contributed by atoms with Gasteiger partial charge in [0.2, 0.25) is 0 Å². The van der Waals surface area contributed by atoms with Crippen LogP contribution in [-0.4, -0.2) is 20.7 Å². The normalized spacial score (nSPS) is 20.1. The van der Waals surface area contributed by atoms with Crippen molar-refractivity contribution >= 4 is 5.69 Å². The summed E-state index contributed by atoms with van der Waals surface area (Å²) in [4.78, 5) is 1.90. The van der Waals surface area contributed by atoms with Crippen LogP contribution in [0.15, 0.2) is 18.2 Å². The lowest BCUT2D eigenvalue weighted by molar-refractivity contribution is 0.415. The molecule has 1 aromatic rings. The summed E-state index contributed by atoms with van der Waals surface area (Å²) < 4.78 is 18.1. The zero-order valence-corrected chi connectivity index (χ0v) is 7.75. The van der Waals surface area contributed by atoms with Gasteiger partial charge in [-0.05, 0) is 12.1 Å². The van der Waals surface area contributed by atoms with Crippen LogP contribution in [0.1, 0.15) is 11.7 Å². The molecule has 1 unspecified atom stereocenters. The predicted molar refractivity (Wildman–Crippen MR) is 49.4 cm³/mol. The Bertz CT molecular complexity index is 321. The molecular weight excluding hydrogens is 169 g/mol. The lowest BCUT2D eigenvalue weighted by Crippen LogP contribution is -2.11. The quantitative estimate of drug-likeness (QED) is 0.648. The summed E-state index contributed by atoms with van der Waals surface area (Å²) in [6.45, 7) is 0.756. The van der Waals surface area contributed by atoms with Gasteiger partial charge in [0.05, 0.1) is 6.61 Å². The third kappa shape index (κ3) is 1.65. The summed E-state index contributed by atoms with van der Waals surface area (Å²) in [5.41, 5.74) is 1.98. The molecule has 0 N–H and O–H groups in total. The summed E-state index contributed by atoms with van der Waals surface area (Å²) >= 11 is 0. The fourth-order valence-corrected chi connectivity index (χ4v) is 1.40. The predicted octanol–water partition coefficient (Wildman–Crippen LogP) is 1.96. The maximum atomic E-state index is 12.9. The molecule has 2 rings (SSSR count). The van der Waals surface area contributed by atoms with Crippen molar-refractivity contribution in [1.82, 2.24) is 0 Å². The van der Waals surface area contributed by atoms with Crippen molar-refractivity contribution in [2.75, 3.05) is 25.6 Å². The highest BCUT2D eigenvalue weighted by Gasteiger charge is 2.27. The van der Waals surface area contributed by atoms with E-state index < -0.39 is 0 Å². The largest absolute Gasteiger partial charge is 0.377 e. The maximum Gasteiger partial charge on any atom is 0.125 e. The number of benzene rings is 1. The summed E-state index contributed by atoms with van der Waals surface area (Å²) in [7, 11) is 3.81. The van der Waals surface area contributed by atoms with Crippen LogP contribution in [0.25, 0.3) is 0 Å². The lowest BCUT2D eigenvalue weighted by Gasteiger charge is -2.16. The van der Waals surface area contributed by atoms with E-state index in [1.54, 1.807) is 6.07 Å². The first-order chi connectivity index (χ1) is 6.18. The number of nitrogens with zero attached hydrogens (tertiary/aromatic N) is 1. The Morgan fingerprint density at radius 2 is 2.15 bits per heavy atom. The summed E-state index contributed by atoms with van der Waals surface area (Å²) in [5.74, 6) is -0.201. The van der Waals surface area contributed by atoms with Crippen LogP contribution in [-0.2, 0) is 4.74 Å². The van der Waals surface area contributed by atoms with Crippen LogP contribution in [0.4, 0.5) is 10.1 Å². The fourth-order valence-electron chi connectivity index (χ4n) is 1.40. The molecule has 13 heavy (non-hydrogen) atoms. The van der Waals surface area contributed by atoms with Gasteiger partial charge in [0.15, 0.2) is 0 Å². The van der Waals surface area contributed by atoms with Crippen molar-refractivity contribution in [2.45, 2.75) is 6.10 Å². The minimum atomic E-state index is -0.201. The topological polar surface area (TPSA) is 15.8 Å². The smallest absolute Gasteiger partial charge is 0.125 e. The monoisotopic (exact) mass is 181 g/mol. The van der Waals surface area contributed by atoms with Gasteiger partial charge in [0.25, 0.3) is 0 Å². The van der Waals surface area contributed by atoms with Gasteiger partial charge < -0.3 is 9.64 Å². The highest BCUT2D eigenvalue weighted by molar-refractivity contribution is 5.54. The molecule has 1 heterocycles. The van der Waals surface area contributed by atoms with Crippen LogP contribution in [0.2, 0.25) is 0 Å². The molecule has 0 saturated carbocycles.